The number of hydrogen-bond donors (Lipinski definition) is 2. The van der Waals surface area contributed by atoms with E-state index in [1.165, 1.54) is 0 Å². The molecule has 6 nitrogen and oxygen atoms in total. The number of anilines is 1. The fraction of sp³-hybridized carbons (Fsp3) is 0.263. The lowest BCUT2D eigenvalue weighted by Crippen LogP contribution is -2.44. The predicted molar refractivity (Wildman–Crippen MR) is 102 cm³/mol. The highest BCUT2D eigenvalue weighted by molar-refractivity contribution is 7.90. The molecule has 2 aromatic carbocycles. The second-order valence-electron chi connectivity index (χ2n) is 6.11. The van der Waals surface area contributed by atoms with E-state index in [2.05, 4.69) is 10.6 Å². The van der Waals surface area contributed by atoms with Gasteiger partial charge in [-0.3, -0.25) is 9.59 Å². The Hall–Kier alpha value is -2.67. The lowest BCUT2D eigenvalue weighted by Gasteiger charge is -2.19. The van der Waals surface area contributed by atoms with Gasteiger partial charge < -0.3 is 10.6 Å². The van der Waals surface area contributed by atoms with Gasteiger partial charge in [-0.05, 0) is 37.1 Å². The van der Waals surface area contributed by atoms with Gasteiger partial charge >= 0.3 is 0 Å². The zero-order valence-electron chi connectivity index (χ0n) is 14.7. The van der Waals surface area contributed by atoms with E-state index < -0.39 is 27.7 Å². The third kappa shape index (κ3) is 6.00. The number of carbonyl (C=O) groups is 2. The molecule has 0 fully saturated rings. The molecule has 0 saturated carbocycles. The molecular formula is C19H22N2O4S. The van der Waals surface area contributed by atoms with Gasteiger partial charge in [0.2, 0.25) is 5.91 Å². The molecule has 0 unspecified atom stereocenters. The minimum atomic E-state index is -3.27. The Morgan fingerprint density at radius 2 is 1.62 bits per heavy atom. The van der Waals surface area contributed by atoms with Crippen LogP contribution in [0.2, 0.25) is 0 Å². The molecule has 138 valence electrons. The van der Waals surface area contributed by atoms with Crippen LogP contribution in [0.1, 0.15) is 22.3 Å². The van der Waals surface area contributed by atoms with Crippen molar-refractivity contribution in [3.8, 4) is 0 Å². The Labute approximate surface area is 153 Å². The first-order valence-electron chi connectivity index (χ1n) is 8.16. The maximum Gasteiger partial charge on any atom is 0.251 e. The molecule has 0 aliphatic rings. The minimum absolute atomic E-state index is 0.00484. The molecule has 0 bridgehead atoms. The molecule has 2 N–H and O–H groups in total. The average Bonchev–Trinajstić information content (AvgIpc) is 2.60. The van der Waals surface area contributed by atoms with E-state index in [9.17, 15) is 18.0 Å². The number of sulfone groups is 1. The van der Waals surface area contributed by atoms with Crippen molar-refractivity contribution in [1.82, 2.24) is 5.32 Å². The van der Waals surface area contributed by atoms with E-state index in [0.29, 0.717) is 11.3 Å². The monoisotopic (exact) mass is 374 g/mol. The van der Waals surface area contributed by atoms with Gasteiger partial charge in [0.1, 0.15) is 15.9 Å². The van der Waals surface area contributed by atoms with E-state index in [0.717, 1.165) is 11.8 Å². The number of para-hydroxylation sites is 1. The average molecular weight is 374 g/mol. The quantitative estimate of drug-likeness (QED) is 0.777. The van der Waals surface area contributed by atoms with Crippen LogP contribution < -0.4 is 10.6 Å². The van der Waals surface area contributed by atoms with Gasteiger partial charge in [-0.2, -0.15) is 0 Å². The Morgan fingerprint density at radius 3 is 2.23 bits per heavy atom. The van der Waals surface area contributed by atoms with Crippen LogP contribution in [0.15, 0.2) is 54.6 Å². The molecule has 0 heterocycles. The highest BCUT2D eigenvalue weighted by atomic mass is 32.2. The Bertz CT molecular complexity index is 879. The summed E-state index contributed by atoms with van der Waals surface area (Å²) in [6.07, 6.45) is 1.09. The van der Waals surface area contributed by atoms with E-state index in [1.807, 2.05) is 19.1 Å². The SMILES string of the molecule is Cc1ccccc1NC(=O)[C@@H](CCS(C)(=O)=O)NC(=O)c1ccccc1. The molecule has 7 heteroatoms. The summed E-state index contributed by atoms with van der Waals surface area (Å²) in [6.45, 7) is 1.85. The summed E-state index contributed by atoms with van der Waals surface area (Å²) >= 11 is 0. The van der Waals surface area contributed by atoms with Crippen molar-refractivity contribution in [2.75, 3.05) is 17.3 Å². The number of hydrogen-bond acceptors (Lipinski definition) is 4. The number of nitrogens with one attached hydrogen (secondary N) is 2. The Balaban J connectivity index is 2.15. The van der Waals surface area contributed by atoms with E-state index in [1.54, 1.807) is 42.5 Å². The first-order valence-corrected chi connectivity index (χ1v) is 10.2. The number of rotatable bonds is 7. The van der Waals surface area contributed by atoms with E-state index in [4.69, 9.17) is 0 Å². The van der Waals surface area contributed by atoms with Crippen LogP contribution in [0.5, 0.6) is 0 Å². The summed E-state index contributed by atoms with van der Waals surface area (Å²) in [4.78, 5) is 25.0. The van der Waals surface area contributed by atoms with E-state index >= 15 is 0 Å². The molecule has 2 amide bonds. The fourth-order valence-corrected chi connectivity index (χ4v) is 3.03. The van der Waals surface area contributed by atoms with Crippen LogP contribution in [0.3, 0.4) is 0 Å². The van der Waals surface area contributed by atoms with Crippen LogP contribution in [0, 0.1) is 6.92 Å². The van der Waals surface area contributed by atoms with Crippen LogP contribution in [0.4, 0.5) is 5.69 Å². The van der Waals surface area contributed by atoms with Crippen molar-refractivity contribution in [3.63, 3.8) is 0 Å². The van der Waals surface area contributed by atoms with Gasteiger partial charge in [-0.25, -0.2) is 8.42 Å². The third-order valence-corrected chi connectivity index (χ3v) is 4.82. The summed E-state index contributed by atoms with van der Waals surface area (Å²) in [7, 11) is -3.27. The Morgan fingerprint density at radius 1 is 1.00 bits per heavy atom. The van der Waals surface area contributed by atoms with Crippen LogP contribution in [-0.2, 0) is 14.6 Å². The fourth-order valence-electron chi connectivity index (χ4n) is 2.36. The molecule has 2 rings (SSSR count). The summed E-state index contributed by atoms with van der Waals surface area (Å²) in [5.41, 5.74) is 1.90. The summed E-state index contributed by atoms with van der Waals surface area (Å²) in [5, 5.41) is 5.38. The molecule has 0 saturated heterocycles. The molecule has 26 heavy (non-hydrogen) atoms. The molecule has 0 radical (unpaired) electrons. The predicted octanol–water partition coefficient (Wildman–Crippen LogP) is 2.17. The summed E-state index contributed by atoms with van der Waals surface area (Å²) in [6, 6.07) is 14.7. The molecule has 0 aromatic heterocycles. The van der Waals surface area contributed by atoms with Crippen LogP contribution in [-0.4, -0.2) is 38.3 Å². The zero-order valence-corrected chi connectivity index (χ0v) is 15.5. The first-order chi connectivity index (χ1) is 12.3. The first kappa shape index (κ1) is 19.7. The highest BCUT2D eigenvalue weighted by Crippen LogP contribution is 2.14. The van der Waals surface area contributed by atoms with Crippen LogP contribution in [0.25, 0.3) is 0 Å². The lowest BCUT2D eigenvalue weighted by atomic mass is 10.1. The second-order valence-corrected chi connectivity index (χ2v) is 8.37. The highest BCUT2D eigenvalue weighted by Gasteiger charge is 2.23. The molecule has 0 aliphatic heterocycles. The number of amides is 2. The van der Waals surface area contributed by atoms with Crippen molar-refractivity contribution in [2.24, 2.45) is 0 Å². The number of benzene rings is 2. The molecule has 1 atom stereocenters. The maximum absolute atomic E-state index is 12.6. The molecule has 0 aliphatic carbocycles. The summed E-state index contributed by atoms with van der Waals surface area (Å²) in [5.74, 6) is -1.08. The normalized spacial score (nSPS) is 12.2. The smallest absolute Gasteiger partial charge is 0.251 e. The third-order valence-electron chi connectivity index (χ3n) is 3.84. The van der Waals surface area contributed by atoms with Crippen molar-refractivity contribution < 1.29 is 18.0 Å². The minimum Gasteiger partial charge on any atom is -0.340 e. The molecule has 0 spiro atoms. The number of aryl methyl sites for hydroxylation is 1. The molecular weight excluding hydrogens is 352 g/mol. The lowest BCUT2D eigenvalue weighted by molar-refractivity contribution is -0.118. The van der Waals surface area contributed by atoms with Gasteiger partial charge in [-0.1, -0.05) is 36.4 Å². The van der Waals surface area contributed by atoms with Gasteiger partial charge in [0.05, 0.1) is 5.75 Å². The van der Waals surface area contributed by atoms with Gasteiger partial charge in [-0.15, -0.1) is 0 Å². The second kappa shape index (κ2) is 8.62. The van der Waals surface area contributed by atoms with Crippen LogP contribution >= 0.6 is 0 Å². The number of carbonyl (C=O) groups excluding carboxylic acids is 2. The maximum atomic E-state index is 12.6. The van der Waals surface area contributed by atoms with Gasteiger partial charge in [0, 0.05) is 17.5 Å². The van der Waals surface area contributed by atoms with Gasteiger partial charge in [0.25, 0.3) is 5.91 Å². The van der Waals surface area contributed by atoms with Crippen molar-refractivity contribution in [1.29, 1.82) is 0 Å². The van der Waals surface area contributed by atoms with Crippen molar-refractivity contribution in [3.05, 3.63) is 65.7 Å². The van der Waals surface area contributed by atoms with Crippen molar-refractivity contribution >= 4 is 27.3 Å². The van der Waals surface area contributed by atoms with E-state index in [-0.39, 0.29) is 12.2 Å². The Kier molecular flexibility index (Phi) is 6.52. The van der Waals surface area contributed by atoms with Crippen molar-refractivity contribution in [2.45, 2.75) is 19.4 Å². The van der Waals surface area contributed by atoms with Gasteiger partial charge in [0.15, 0.2) is 0 Å². The molecule has 2 aromatic rings. The largest absolute Gasteiger partial charge is 0.340 e. The standard InChI is InChI=1S/C19H22N2O4S/c1-14-8-6-7-11-16(14)20-19(23)17(12-13-26(2,24)25)21-18(22)15-9-4-3-5-10-15/h3-11,17H,12-13H2,1-2H3,(H,20,23)(H,21,22)/t17-/m1/s1. The topological polar surface area (TPSA) is 92.3 Å². The summed E-state index contributed by atoms with van der Waals surface area (Å²) < 4.78 is 23.0. The zero-order chi connectivity index (χ0) is 19.2.